The van der Waals surface area contributed by atoms with Crippen LogP contribution in [0.3, 0.4) is 0 Å². The van der Waals surface area contributed by atoms with Crippen molar-refractivity contribution >= 4 is 19.5 Å². The topological polar surface area (TPSA) is 95.2 Å². The lowest BCUT2D eigenvalue weighted by molar-refractivity contribution is -0.159. The summed E-state index contributed by atoms with van der Waals surface area (Å²) in [4.78, 5) is 0. The lowest BCUT2D eigenvalue weighted by Crippen LogP contribution is -2.42. The van der Waals surface area contributed by atoms with Gasteiger partial charge in [0, 0.05) is 38.8 Å². The highest BCUT2D eigenvalue weighted by Crippen LogP contribution is 2.55. The van der Waals surface area contributed by atoms with Crippen molar-refractivity contribution in [3.05, 3.63) is 0 Å². The Morgan fingerprint density at radius 3 is 2.12 bits per heavy atom. The van der Waals surface area contributed by atoms with Crippen LogP contribution in [0.1, 0.15) is 53.4 Å². The number of ether oxygens (including phenoxy) is 4. The summed E-state index contributed by atoms with van der Waals surface area (Å²) in [6.45, 7) is 12.0. The largest absolute Gasteiger partial charge is 0.437 e. The van der Waals surface area contributed by atoms with Crippen molar-refractivity contribution in [2.45, 2.75) is 90.3 Å². The number of nitrogens with one attached hydrogen (secondary N) is 1. The fraction of sp³-hybridized carbons (Fsp3) is 1.00. The van der Waals surface area contributed by atoms with Gasteiger partial charge in [-0.1, -0.05) is 13.8 Å². The van der Waals surface area contributed by atoms with Gasteiger partial charge in [-0.15, -0.1) is 12.4 Å². The van der Waals surface area contributed by atoms with Gasteiger partial charge in [-0.3, -0.25) is 0 Å². The van der Waals surface area contributed by atoms with Crippen molar-refractivity contribution in [2.24, 2.45) is 34.8 Å². The van der Waals surface area contributed by atoms with E-state index in [1.807, 2.05) is 20.7 Å². The van der Waals surface area contributed by atoms with Gasteiger partial charge < -0.3 is 34.9 Å². The summed E-state index contributed by atoms with van der Waals surface area (Å²) in [5.74, 6) is 2.06. The molecule has 1 heterocycles. The van der Waals surface area contributed by atoms with E-state index in [1.165, 1.54) is 12.8 Å². The van der Waals surface area contributed by atoms with Crippen LogP contribution in [0.2, 0.25) is 6.82 Å². The number of methoxy groups -OCH3 is 2. The maximum Gasteiger partial charge on any atom is 0.373 e. The van der Waals surface area contributed by atoms with Gasteiger partial charge in [-0.25, -0.2) is 0 Å². The molecule has 1 saturated heterocycles. The predicted molar refractivity (Wildman–Crippen MR) is 130 cm³/mol. The van der Waals surface area contributed by atoms with E-state index in [2.05, 4.69) is 19.1 Å². The number of fused-ring (bicyclic) bond motifs is 2. The van der Waals surface area contributed by atoms with Crippen LogP contribution in [0.15, 0.2) is 0 Å². The molecule has 0 unspecified atom stereocenters. The van der Waals surface area contributed by atoms with E-state index in [1.54, 1.807) is 14.2 Å². The molecule has 0 aromatic heterocycles. The Hall–Kier alpha value is 0.0749. The van der Waals surface area contributed by atoms with E-state index in [0.717, 1.165) is 31.3 Å². The quantitative estimate of drug-likeness (QED) is 0.507. The van der Waals surface area contributed by atoms with Crippen LogP contribution in [-0.2, 0) is 18.9 Å². The van der Waals surface area contributed by atoms with Crippen LogP contribution in [0.25, 0.3) is 0 Å². The van der Waals surface area contributed by atoms with Crippen molar-refractivity contribution in [3.63, 3.8) is 0 Å². The van der Waals surface area contributed by atoms with Crippen molar-refractivity contribution in [1.29, 1.82) is 0 Å². The Bertz CT molecular complexity index is 597. The number of rotatable bonds is 6. The van der Waals surface area contributed by atoms with Crippen LogP contribution in [0.4, 0.5) is 0 Å². The molecule has 3 aliphatic carbocycles. The SMILES string of the molecule is COC[C@H]1C[C@@H](N)[C@@H]2OC(C)(C)O[C@H]12.COC[C@H]1C[C@@H](NB(C)O)[C@@H]2CC(C)(C)C[C@H]12.Cl. The molecule has 4 fully saturated rings. The average molecular weight is 477 g/mol. The Labute approximate surface area is 201 Å². The fourth-order valence-electron chi connectivity index (χ4n) is 6.71. The number of halogens is 1. The third-order valence-electron chi connectivity index (χ3n) is 7.65. The standard InChI is InChI=1S/C13H26BNO2.C10H19NO3.ClH/c1-13(2)6-10-9(8-17-4)5-12(11(10)7-13)15-14(3)16;1-10(2)13-8-6(5-12-3)4-7(11)9(8)14-10;/h9-12,15-16H,5-8H2,1-4H3;6-9H,4-5,11H2,1-3H3;1H/t9-,10-,11-,12-;6-,7-,8-,9+;/m11./s1. The molecule has 0 aromatic carbocycles. The highest BCUT2D eigenvalue weighted by Gasteiger charge is 2.53. The molecule has 32 heavy (non-hydrogen) atoms. The highest BCUT2D eigenvalue weighted by molar-refractivity contribution is 6.45. The third-order valence-corrected chi connectivity index (χ3v) is 7.65. The summed E-state index contributed by atoms with van der Waals surface area (Å²) in [6, 6.07) is 0.559. The van der Waals surface area contributed by atoms with E-state index in [-0.39, 0.29) is 30.7 Å². The molecule has 1 aliphatic heterocycles. The number of hydrogen-bond acceptors (Lipinski definition) is 7. The molecule has 9 heteroatoms. The van der Waals surface area contributed by atoms with Crippen molar-refractivity contribution in [2.75, 3.05) is 27.4 Å². The second-order valence-electron chi connectivity index (χ2n) is 11.5. The van der Waals surface area contributed by atoms with Crippen LogP contribution in [0.5, 0.6) is 0 Å². The first-order valence-electron chi connectivity index (χ1n) is 12.0. The summed E-state index contributed by atoms with van der Waals surface area (Å²) < 4.78 is 22.1. The minimum atomic E-state index is -0.487. The zero-order chi connectivity index (χ0) is 23.0. The van der Waals surface area contributed by atoms with Gasteiger partial charge in [-0.05, 0) is 69.5 Å². The van der Waals surface area contributed by atoms with Gasteiger partial charge in [0.15, 0.2) is 5.79 Å². The molecule has 0 bridgehead atoms. The molecule has 8 atom stereocenters. The third kappa shape index (κ3) is 6.60. The molecular weight excluding hydrogens is 431 g/mol. The van der Waals surface area contributed by atoms with Gasteiger partial charge in [0.25, 0.3) is 0 Å². The average Bonchev–Trinajstić information content (AvgIpc) is 3.31. The molecule has 0 spiro atoms. The molecule has 0 amide bonds. The van der Waals surface area contributed by atoms with Crippen molar-refractivity contribution in [1.82, 2.24) is 5.23 Å². The second kappa shape index (κ2) is 11.2. The normalized spacial score (nSPS) is 40.8. The first-order chi connectivity index (χ1) is 14.5. The molecule has 7 nitrogen and oxygen atoms in total. The summed E-state index contributed by atoms with van der Waals surface area (Å²) in [6.07, 6.45) is 4.83. The Kier molecular flexibility index (Phi) is 9.92. The first-order valence-corrected chi connectivity index (χ1v) is 12.0. The number of nitrogens with two attached hydrogens (primary N) is 1. The Morgan fingerprint density at radius 1 is 0.969 bits per heavy atom. The molecule has 4 aliphatic rings. The van der Waals surface area contributed by atoms with E-state index in [0.29, 0.717) is 29.9 Å². The molecule has 4 rings (SSSR count). The van der Waals surface area contributed by atoms with E-state index >= 15 is 0 Å². The summed E-state index contributed by atoms with van der Waals surface area (Å²) in [5.41, 5.74) is 6.46. The molecular formula is C23H46BClN2O5. The molecule has 3 saturated carbocycles. The summed E-state index contributed by atoms with van der Waals surface area (Å²) in [7, 11) is 3.11. The lowest BCUT2D eigenvalue weighted by Gasteiger charge is -2.24. The summed E-state index contributed by atoms with van der Waals surface area (Å²) in [5, 5.41) is 12.9. The fourth-order valence-corrected chi connectivity index (χ4v) is 6.71. The van der Waals surface area contributed by atoms with Gasteiger partial charge >= 0.3 is 7.05 Å². The molecule has 0 aromatic rings. The van der Waals surface area contributed by atoms with E-state index < -0.39 is 12.8 Å². The summed E-state index contributed by atoms with van der Waals surface area (Å²) >= 11 is 0. The van der Waals surface area contributed by atoms with Crippen LogP contribution >= 0.6 is 12.4 Å². The Balaban J connectivity index is 0.000000224. The minimum absolute atomic E-state index is 0. The maximum atomic E-state index is 9.54. The highest BCUT2D eigenvalue weighted by atomic mass is 35.5. The molecule has 0 radical (unpaired) electrons. The monoisotopic (exact) mass is 476 g/mol. The van der Waals surface area contributed by atoms with Crippen molar-refractivity contribution in [3.8, 4) is 0 Å². The van der Waals surface area contributed by atoms with E-state index in [4.69, 9.17) is 24.7 Å². The smallest absolute Gasteiger partial charge is 0.373 e. The number of hydrogen-bond donors (Lipinski definition) is 3. The van der Waals surface area contributed by atoms with Crippen LogP contribution in [0, 0.1) is 29.1 Å². The minimum Gasteiger partial charge on any atom is -0.437 e. The second-order valence-corrected chi connectivity index (χ2v) is 11.5. The van der Waals surface area contributed by atoms with Crippen LogP contribution < -0.4 is 11.0 Å². The van der Waals surface area contributed by atoms with Gasteiger partial charge in [-0.2, -0.15) is 0 Å². The van der Waals surface area contributed by atoms with Gasteiger partial charge in [0.2, 0.25) is 0 Å². The predicted octanol–water partition coefficient (Wildman–Crippen LogP) is 2.70. The van der Waals surface area contributed by atoms with Crippen molar-refractivity contribution < 1.29 is 24.0 Å². The zero-order valence-corrected chi connectivity index (χ0v) is 21.8. The Morgan fingerprint density at radius 2 is 1.53 bits per heavy atom. The lowest BCUT2D eigenvalue weighted by atomic mass is 9.83. The molecule has 188 valence electrons. The van der Waals surface area contributed by atoms with E-state index in [9.17, 15) is 5.02 Å². The maximum absolute atomic E-state index is 9.54. The van der Waals surface area contributed by atoms with Gasteiger partial charge in [0.1, 0.15) is 6.10 Å². The van der Waals surface area contributed by atoms with Gasteiger partial charge in [0.05, 0.1) is 12.7 Å². The molecule has 4 N–H and O–H groups in total. The van der Waals surface area contributed by atoms with Crippen LogP contribution in [-0.4, -0.2) is 69.6 Å². The zero-order valence-electron chi connectivity index (χ0n) is 21.0. The first kappa shape index (κ1) is 28.3.